The predicted octanol–water partition coefficient (Wildman–Crippen LogP) is 2.17. The van der Waals surface area contributed by atoms with Gasteiger partial charge in [0.05, 0.1) is 24.6 Å². The van der Waals surface area contributed by atoms with Crippen molar-refractivity contribution in [3.63, 3.8) is 0 Å². The number of rotatable bonds is 7. The molecular formula is C17H22N2O6. The first-order valence-electron chi connectivity index (χ1n) is 8.24. The number of methoxy groups -OCH3 is 1. The highest BCUT2D eigenvalue weighted by molar-refractivity contribution is 5.77. The number of esters is 1. The third kappa shape index (κ3) is 5.17. The number of hydrogen-bond donors (Lipinski definition) is 0. The Balaban J connectivity index is 1.71. The number of nitro benzene ring substituents is 1. The quantitative estimate of drug-likeness (QED) is 0.323. The summed E-state index contributed by atoms with van der Waals surface area (Å²) in [5, 5.41) is 10.9. The van der Waals surface area contributed by atoms with Gasteiger partial charge in [0.2, 0.25) is 5.91 Å². The third-order valence-electron chi connectivity index (χ3n) is 4.24. The topological polar surface area (TPSA) is 99.0 Å². The first-order valence-corrected chi connectivity index (χ1v) is 8.24. The van der Waals surface area contributed by atoms with Crippen molar-refractivity contribution in [2.45, 2.75) is 25.7 Å². The monoisotopic (exact) mass is 350 g/mol. The van der Waals surface area contributed by atoms with Crippen molar-refractivity contribution >= 4 is 17.6 Å². The maximum Gasteiger partial charge on any atom is 0.310 e. The van der Waals surface area contributed by atoms with E-state index in [0.717, 1.165) is 0 Å². The Morgan fingerprint density at radius 3 is 2.60 bits per heavy atom. The zero-order chi connectivity index (χ0) is 18.2. The standard InChI is InChI=1S/C17H22N2O6/c1-24-17(21)13-8-10-18(11-9-13)16(20)7-4-12-25-15-6-3-2-5-14(15)19(22)23/h2-3,5-6,13H,4,7-12H2,1H3. The lowest BCUT2D eigenvalue weighted by molar-refractivity contribution is -0.385. The van der Waals surface area contributed by atoms with Gasteiger partial charge in [0.25, 0.3) is 0 Å². The second-order valence-electron chi connectivity index (χ2n) is 5.86. The van der Waals surface area contributed by atoms with E-state index < -0.39 is 4.92 Å². The van der Waals surface area contributed by atoms with E-state index in [1.165, 1.54) is 19.2 Å². The van der Waals surface area contributed by atoms with E-state index in [4.69, 9.17) is 9.47 Å². The Morgan fingerprint density at radius 1 is 1.28 bits per heavy atom. The van der Waals surface area contributed by atoms with Crippen LogP contribution < -0.4 is 4.74 Å². The van der Waals surface area contributed by atoms with Crippen LogP contribution in [-0.2, 0) is 14.3 Å². The molecule has 0 saturated carbocycles. The van der Waals surface area contributed by atoms with Crippen molar-refractivity contribution in [3.05, 3.63) is 34.4 Å². The smallest absolute Gasteiger partial charge is 0.310 e. The van der Waals surface area contributed by atoms with Crippen molar-refractivity contribution in [2.75, 3.05) is 26.8 Å². The summed E-state index contributed by atoms with van der Waals surface area (Å²) < 4.78 is 10.2. The number of ether oxygens (including phenoxy) is 2. The second-order valence-corrected chi connectivity index (χ2v) is 5.86. The summed E-state index contributed by atoms with van der Waals surface area (Å²) in [5.41, 5.74) is -0.0845. The van der Waals surface area contributed by atoms with Crippen molar-refractivity contribution in [1.29, 1.82) is 0 Å². The summed E-state index contributed by atoms with van der Waals surface area (Å²) in [5.74, 6) is -0.130. The van der Waals surface area contributed by atoms with Gasteiger partial charge in [-0.25, -0.2) is 0 Å². The fourth-order valence-electron chi connectivity index (χ4n) is 2.82. The summed E-state index contributed by atoms with van der Waals surface area (Å²) >= 11 is 0. The first-order chi connectivity index (χ1) is 12.0. The molecule has 0 bridgehead atoms. The Morgan fingerprint density at radius 2 is 1.96 bits per heavy atom. The van der Waals surface area contributed by atoms with E-state index in [-0.39, 0.29) is 35.8 Å². The van der Waals surface area contributed by atoms with Gasteiger partial charge in [0, 0.05) is 25.6 Å². The number of amides is 1. The van der Waals surface area contributed by atoms with Crippen molar-refractivity contribution in [1.82, 2.24) is 4.90 Å². The summed E-state index contributed by atoms with van der Waals surface area (Å²) in [6.45, 7) is 1.32. The maximum atomic E-state index is 12.2. The van der Waals surface area contributed by atoms with Crippen LogP contribution in [0.4, 0.5) is 5.69 Å². The van der Waals surface area contributed by atoms with E-state index in [2.05, 4.69) is 0 Å². The summed E-state index contributed by atoms with van der Waals surface area (Å²) in [7, 11) is 1.37. The average molecular weight is 350 g/mol. The van der Waals surface area contributed by atoms with Crippen LogP contribution in [0.3, 0.4) is 0 Å². The molecule has 0 unspecified atom stereocenters. The Kier molecular flexibility index (Phi) is 6.73. The van der Waals surface area contributed by atoms with Crippen LogP contribution in [0.5, 0.6) is 5.75 Å². The second kappa shape index (κ2) is 9.00. The van der Waals surface area contributed by atoms with Gasteiger partial charge in [-0.2, -0.15) is 0 Å². The van der Waals surface area contributed by atoms with Gasteiger partial charge < -0.3 is 14.4 Å². The lowest BCUT2D eigenvalue weighted by Crippen LogP contribution is -2.40. The molecule has 0 aliphatic carbocycles. The van der Waals surface area contributed by atoms with Gasteiger partial charge in [-0.05, 0) is 25.3 Å². The van der Waals surface area contributed by atoms with E-state index >= 15 is 0 Å². The number of carbonyl (C=O) groups excluding carboxylic acids is 2. The van der Waals surface area contributed by atoms with Gasteiger partial charge in [0.15, 0.2) is 5.75 Å². The number of carbonyl (C=O) groups is 2. The number of nitro groups is 1. The van der Waals surface area contributed by atoms with Crippen LogP contribution in [-0.4, -0.2) is 48.5 Å². The highest BCUT2D eigenvalue weighted by atomic mass is 16.6. The van der Waals surface area contributed by atoms with Crippen LogP contribution in [0, 0.1) is 16.0 Å². The number of benzene rings is 1. The normalized spacial score (nSPS) is 14.8. The minimum absolute atomic E-state index is 0.00878. The van der Waals surface area contributed by atoms with Crippen LogP contribution in [0.25, 0.3) is 0 Å². The minimum atomic E-state index is -0.494. The van der Waals surface area contributed by atoms with Gasteiger partial charge in [0.1, 0.15) is 0 Å². The zero-order valence-corrected chi connectivity index (χ0v) is 14.2. The highest BCUT2D eigenvalue weighted by Crippen LogP contribution is 2.26. The molecule has 1 saturated heterocycles. The van der Waals surface area contributed by atoms with Crippen LogP contribution in [0.15, 0.2) is 24.3 Å². The molecule has 0 N–H and O–H groups in total. The Bertz CT molecular complexity index is 625. The van der Waals surface area contributed by atoms with Crippen LogP contribution >= 0.6 is 0 Å². The SMILES string of the molecule is COC(=O)C1CCN(C(=O)CCCOc2ccccc2[N+](=O)[O-])CC1. The molecule has 0 radical (unpaired) electrons. The maximum absolute atomic E-state index is 12.2. The summed E-state index contributed by atoms with van der Waals surface area (Å²) in [6, 6.07) is 6.16. The number of hydrogen-bond acceptors (Lipinski definition) is 6. The fourth-order valence-corrected chi connectivity index (χ4v) is 2.82. The van der Waals surface area contributed by atoms with E-state index in [0.29, 0.717) is 38.8 Å². The molecule has 1 amide bonds. The molecule has 1 aromatic rings. The molecule has 2 rings (SSSR count). The molecule has 0 atom stereocenters. The minimum Gasteiger partial charge on any atom is -0.487 e. The molecule has 136 valence electrons. The highest BCUT2D eigenvalue weighted by Gasteiger charge is 2.27. The molecule has 1 aromatic carbocycles. The Labute approximate surface area is 145 Å². The first kappa shape index (κ1) is 18.7. The average Bonchev–Trinajstić information content (AvgIpc) is 2.64. The number of likely N-dealkylation sites (tertiary alicyclic amines) is 1. The summed E-state index contributed by atoms with van der Waals surface area (Å²) in [4.78, 5) is 35.8. The number of para-hydroxylation sites is 2. The van der Waals surface area contributed by atoms with E-state index in [1.54, 1.807) is 17.0 Å². The predicted molar refractivity (Wildman–Crippen MR) is 89.1 cm³/mol. The molecule has 1 heterocycles. The molecule has 8 heteroatoms. The Hall–Kier alpha value is -2.64. The van der Waals surface area contributed by atoms with Crippen molar-refractivity contribution < 1.29 is 24.0 Å². The fraction of sp³-hybridized carbons (Fsp3) is 0.529. The third-order valence-corrected chi connectivity index (χ3v) is 4.24. The molecule has 8 nitrogen and oxygen atoms in total. The molecule has 0 spiro atoms. The molecule has 1 aliphatic heterocycles. The van der Waals surface area contributed by atoms with E-state index in [9.17, 15) is 19.7 Å². The zero-order valence-electron chi connectivity index (χ0n) is 14.2. The molecule has 1 aliphatic rings. The lowest BCUT2D eigenvalue weighted by Gasteiger charge is -2.30. The molecule has 1 fully saturated rings. The molecular weight excluding hydrogens is 328 g/mol. The summed E-state index contributed by atoms with van der Waals surface area (Å²) in [6.07, 6.45) is 2.02. The molecule has 0 aromatic heterocycles. The number of nitrogens with zero attached hydrogens (tertiary/aromatic N) is 2. The van der Waals surface area contributed by atoms with Gasteiger partial charge in [-0.15, -0.1) is 0 Å². The van der Waals surface area contributed by atoms with Gasteiger partial charge >= 0.3 is 11.7 Å². The lowest BCUT2D eigenvalue weighted by atomic mass is 9.97. The van der Waals surface area contributed by atoms with Gasteiger partial charge in [-0.3, -0.25) is 19.7 Å². The largest absolute Gasteiger partial charge is 0.487 e. The van der Waals surface area contributed by atoms with E-state index in [1.807, 2.05) is 0 Å². The van der Waals surface area contributed by atoms with Crippen LogP contribution in [0.1, 0.15) is 25.7 Å². The van der Waals surface area contributed by atoms with Crippen molar-refractivity contribution in [3.8, 4) is 5.75 Å². The van der Waals surface area contributed by atoms with Crippen molar-refractivity contribution in [2.24, 2.45) is 5.92 Å². The van der Waals surface area contributed by atoms with Crippen LogP contribution in [0.2, 0.25) is 0 Å². The molecule has 25 heavy (non-hydrogen) atoms. The number of piperidine rings is 1. The van der Waals surface area contributed by atoms with Gasteiger partial charge in [-0.1, -0.05) is 12.1 Å².